The van der Waals surface area contributed by atoms with Crippen molar-refractivity contribution < 1.29 is 19.0 Å². The van der Waals surface area contributed by atoms with E-state index >= 15 is 0 Å². The molecule has 0 spiro atoms. The monoisotopic (exact) mass is 351 g/mol. The number of carbonyl (C=O) groups excluding carboxylic acids is 1. The molecule has 1 amide bonds. The first-order valence-electron chi connectivity index (χ1n) is 7.84. The third kappa shape index (κ3) is 4.94. The highest BCUT2D eigenvalue weighted by atomic mass is 16.5. The molecule has 2 aromatic heterocycles. The Kier molecular flexibility index (Phi) is 5.61. The lowest BCUT2D eigenvalue weighted by atomic mass is 10.3. The van der Waals surface area contributed by atoms with Crippen LogP contribution in [0.5, 0.6) is 23.3 Å². The molecule has 3 aromatic rings. The summed E-state index contributed by atoms with van der Waals surface area (Å²) in [6.45, 7) is -0.140. The summed E-state index contributed by atoms with van der Waals surface area (Å²) >= 11 is 0. The van der Waals surface area contributed by atoms with E-state index < -0.39 is 0 Å². The molecule has 0 saturated carbocycles. The van der Waals surface area contributed by atoms with Gasteiger partial charge in [0.25, 0.3) is 5.91 Å². The van der Waals surface area contributed by atoms with Crippen molar-refractivity contribution in [3.8, 4) is 23.3 Å². The van der Waals surface area contributed by atoms with Gasteiger partial charge in [-0.1, -0.05) is 12.1 Å². The van der Waals surface area contributed by atoms with Gasteiger partial charge in [0.15, 0.2) is 6.61 Å². The first-order valence-corrected chi connectivity index (χ1v) is 7.84. The van der Waals surface area contributed by atoms with Crippen LogP contribution in [0, 0.1) is 0 Å². The third-order valence-electron chi connectivity index (χ3n) is 3.26. The molecule has 0 unspecified atom stereocenters. The van der Waals surface area contributed by atoms with Crippen LogP contribution in [0.3, 0.4) is 0 Å². The molecule has 26 heavy (non-hydrogen) atoms. The first kappa shape index (κ1) is 17.2. The van der Waals surface area contributed by atoms with Crippen molar-refractivity contribution in [2.45, 2.75) is 0 Å². The van der Waals surface area contributed by atoms with Gasteiger partial charge in [0.2, 0.25) is 11.8 Å². The number of ether oxygens (including phenoxy) is 3. The maximum absolute atomic E-state index is 12.0. The zero-order valence-corrected chi connectivity index (χ0v) is 14.1. The molecule has 2 heterocycles. The quantitative estimate of drug-likeness (QED) is 0.703. The number of nitrogens with one attached hydrogen (secondary N) is 1. The topological polar surface area (TPSA) is 82.6 Å². The second-order valence-corrected chi connectivity index (χ2v) is 5.17. The Labute approximate surface area is 150 Å². The average Bonchev–Trinajstić information content (AvgIpc) is 2.68. The summed E-state index contributed by atoms with van der Waals surface area (Å²) in [6.07, 6.45) is 3.16. The fourth-order valence-corrected chi connectivity index (χ4v) is 2.08. The van der Waals surface area contributed by atoms with Gasteiger partial charge in [-0.3, -0.25) is 4.79 Å². The number of pyridine rings is 2. The predicted molar refractivity (Wildman–Crippen MR) is 95.7 cm³/mol. The van der Waals surface area contributed by atoms with Crippen LogP contribution in [-0.4, -0.2) is 29.6 Å². The van der Waals surface area contributed by atoms with Gasteiger partial charge in [-0.2, -0.15) is 0 Å². The molecule has 1 N–H and O–H groups in total. The van der Waals surface area contributed by atoms with Crippen molar-refractivity contribution in [1.82, 2.24) is 9.97 Å². The van der Waals surface area contributed by atoms with Crippen molar-refractivity contribution in [1.29, 1.82) is 0 Å². The zero-order valence-electron chi connectivity index (χ0n) is 14.1. The summed E-state index contributed by atoms with van der Waals surface area (Å²) in [6, 6.07) is 15.8. The van der Waals surface area contributed by atoms with Crippen molar-refractivity contribution in [3.63, 3.8) is 0 Å². The normalized spacial score (nSPS) is 10.0. The van der Waals surface area contributed by atoms with Gasteiger partial charge >= 0.3 is 0 Å². The first-order chi connectivity index (χ1) is 12.7. The Balaban J connectivity index is 1.53. The van der Waals surface area contributed by atoms with Crippen LogP contribution in [0.1, 0.15) is 0 Å². The van der Waals surface area contributed by atoms with Crippen LogP contribution in [0.4, 0.5) is 5.69 Å². The van der Waals surface area contributed by atoms with Crippen molar-refractivity contribution in [2.24, 2.45) is 0 Å². The molecular weight excluding hydrogens is 334 g/mol. The largest absolute Gasteiger partial charge is 0.484 e. The highest BCUT2D eigenvalue weighted by Crippen LogP contribution is 2.23. The Bertz CT molecular complexity index is 854. The molecule has 0 aliphatic heterocycles. The van der Waals surface area contributed by atoms with Crippen LogP contribution >= 0.6 is 0 Å². The minimum atomic E-state index is -0.298. The Hall–Kier alpha value is -3.61. The molecule has 0 saturated heterocycles. The van der Waals surface area contributed by atoms with Crippen LogP contribution in [-0.2, 0) is 4.79 Å². The summed E-state index contributed by atoms with van der Waals surface area (Å²) in [7, 11) is 1.53. The maximum Gasteiger partial charge on any atom is 0.262 e. The molecule has 3 rings (SSSR count). The SMILES string of the molecule is COc1ccc(NC(=O)COc2cccc(Oc3ccccn3)c2)cn1. The summed E-state index contributed by atoms with van der Waals surface area (Å²) < 4.78 is 16.1. The summed E-state index contributed by atoms with van der Waals surface area (Å²) in [5.74, 6) is 1.74. The molecule has 0 radical (unpaired) electrons. The second kappa shape index (κ2) is 8.48. The van der Waals surface area contributed by atoms with Crippen molar-refractivity contribution in [3.05, 3.63) is 67.0 Å². The molecule has 0 aliphatic carbocycles. The van der Waals surface area contributed by atoms with Crippen molar-refractivity contribution >= 4 is 11.6 Å². The number of rotatable bonds is 7. The molecular formula is C19H17N3O4. The summed E-state index contributed by atoms with van der Waals surface area (Å²) in [5, 5.41) is 2.69. The van der Waals surface area contributed by atoms with Crippen LogP contribution in [0.15, 0.2) is 67.0 Å². The Morgan fingerprint density at radius 1 is 1.00 bits per heavy atom. The molecule has 1 aromatic carbocycles. The smallest absolute Gasteiger partial charge is 0.262 e. The van der Waals surface area contributed by atoms with Gasteiger partial charge in [0.1, 0.15) is 11.5 Å². The van der Waals surface area contributed by atoms with Gasteiger partial charge in [0, 0.05) is 24.4 Å². The lowest BCUT2D eigenvalue weighted by Gasteiger charge is -2.09. The van der Waals surface area contributed by atoms with E-state index in [2.05, 4.69) is 15.3 Å². The fourth-order valence-electron chi connectivity index (χ4n) is 2.08. The molecule has 132 valence electrons. The van der Waals surface area contributed by atoms with Gasteiger partial charge in [-0.25, -0.2) is 9.97 Å². The number of benzene rings is 1. The highest BCUT2D eigenvalue weighted by molar-refractivity contribution is 5.91. The number of amides is 1. The number of hydrogen-bond acceptors (Lipinski definition) is 6. The zero-order chi connectivity index (χ0) is 18.2. The average molecular weight is 351 g/mol. The highest BCUT2D eigenvalue weighted by Gasteiger charge is 2.06. The second-order valence-electron chi connectivity index (χ2n) is 5.17. The predicted octanol–water partition coefficient (Wildman–Crippen LogP) is 3.30. The summed E-state index contributed by atoms with van der Waals surface area (Å²) in [5.41, 5.74) is 0.562. The van der Waals surface area contributed by atoms with E-state index in [9.17, 15) is 4.79 Å². The third-order valence-corrected chi connectivity index (χ3v) is 3.26. The number of carbonyl (C=O) groups is 1. The van der Waals surface area contributed by atoms with E-state index in [1.165, 1.54) is 13.3 Å². The molecule has 0 atom stereocenters. The Morgan fingerprint density at radius 2 is 1.88 bits per heavy atom. The summed E-state index contributed by atoms with van der Waals surface area (Å²) in [4.78, 5) is 20.1. The van der Waals surface area contributed by atoms with Gasteiger partial charge in [-0.15, -0.1) is 0 Å². The van der Waals surface area contributed by atoms with E-state index in [1.807, 2.05) is 12.1 Å². The standard InChI is InChI=1S/C19H17N3O4/c1-24-18-9-8-14(12-21-18)22-17(23)13-25-15-5-4-6-16(11-15)26-19-7-2-3-10-20-19/h2-12H,13H2,1H3,(H,22,23). The number of nitrogens with zero attached hydrogens (tertiary/aromatic N) is 2. The van der Waals surface area contributed by atoms with Crippen molar-refractivity contribution in [2.75, 3.05) is 19.0 Å². The molecule has 7 heteroatoms. The lowest BCUT2D eigenvalue weighted by Crippen LogP contribution is -2.20. The minimum Gasteiger partial charge on any atom is -0.484 e. The number of hydrogen-bond donors (Lipinski definition) is 1. The lowest BCUT2D eigenvalue weighted by molar-refractivity contribution is -0.118. The van der Waals surface area contributed by atoms with E-state index in [4.69, 9.17) is 14.2 Å². The fraction of sp³-hybridized carbons (Fsp3) is 0.105. The Morgan fingerprint density at radius 3 is 2.62 bits per heavy atom. The van der Waals surface area contributed by atoms with E-state index in [-0.39, 0.29) is 12.5 Å². The number of methoxy groups -OCH3 is 1. The van der Waals surface area contributed by atoms with Crippen LogP contribution < -0.4 is 19.5 Å². The van der Waals surface area contributed by atoms with Crippen LogP contribution in [0.2, 0.25) is 0 Å². The van der Waals surface area contributed by atoms with E-state index in [0.717, 1.165) is 0 Å². The van der Waals surface area contributed by atoms with E-state index in [1.54, 1.807) is 48.7 Å². The van der Waals surface area contributed by atoms with E-state index in [0.29, 0.717) is 28.9 Å². The molecule has 0 fully saturated rings. The van der Waals surface area contributed by atoms with Gasteiger partial charge in [0.05, 0.1) is 19.0 Å². The number of aromatic nitrogens is 2. The van der Waals surface area contributed by atoms with Crippen LogP contribution in [0.25, 0.3) is 0 Å². The van der Waals surface area contributed by atoms with Gasteiger partial charge in [-0.05, 0) is 24.3 Å². The molecule has 0 aliphatic rings. The molecule has 7 nitrogen and oxygen atoms in total. The molecule has 0 bridgehead atoms. The van der Waals surface area contributed by atoms with Gasteiger partial charge < -0.3 is 19.5 Å². The minimum absolute atomic E-state index is 0.140. The maximum atomic E-state index is 12.0. The number of anilines is 1.